The average Bonchev–Trinajstić information content (AvgIpc) is 2.72. The molecule has 0 aromatic heterocycles. The fraction of sp³-hybridized carbons (Fsp3) is 0.316. The third kappa shape index (κ3) is 7.94. The Hall–Kier alpha value is -2.27. The molecule has 7 N–H and O–H groups in total. The zero-order chi connectivity index (χ0) is 22.0. The molecule has 2 aromatic rings. The van der Waals surface area contributed by atoms with E-state index in [9.17, 15) is 19.5 Å². The number of carbonyl (C=O) groups excluding carboxylic acids is 1. The van der Waals surface area contributed by atoms with Crippen LogP contribution in [0.15, 0.2) is 42.5 Å². The lowest BCUT2D eigenvalue weighted by atomic mass is 10.0. The van der Waals surface area contributed by atoms with Crippen molar-refractivity contribution in [3.05, 3.63) is 48.0 Å². The zero-order valence-corrected chi connectivity index (χ0v) is 17.5. The first-order chi connectivity index (χ1) is 13.7. The molecule has 0 spiro atoms. The van der Waals surface area contributed by atoms with Crippen LogP contribution < -0.4 is 16.8 Å². The Morgan fingerprint density at radius 3 is 2.21 bits per heavy atom. The largest absolute Gasteiger partial charge is 0.480 e. The van der Waals surface area contributed by atoms with Crippen LogP contribution in [0.2, 0.25) is 0 Å². The summed E-state index contributed by atoms with van der Waals surface area (Å²) in [6, 6.07) is 11.0. The van der Waals surface area contributed by atoms with Crippen LogP contribution in [0.1, 0.15) is 16.8 Å². The van der Waals surface area contributed by atoms with Crippen LogP contribution >= 0.6 is 24.4 Å². The Labute approximate surface area is 178 Å². The molecular formula is C19H25N3O5S2. The van der Waals surface area contributed by atoms with Gasteiger partial charge in [0.25, 0.3) is 5.91 Å². The lowest BCUT2D eigenvalue weighted by Crippen LogP contribution is -2.43. The summed E-state index contributed by atoms with van der Waals surface area (Å²) in [4.78, 5) is 33.5. The fourth-order valence-corrected chi connectivity index (χ4v) is 2.83. The second kappa shape index (κ2) is 12.3. The van der Waals surface area contributed by atoms with Gasteiger partial charge in [-0.05, 0) is 23.1 Å². The Kier molecular flexibility index (Phi) is 10.5. The number of hydrogen-bond acceptors (Lipinski definition) is 7. The fourth-order valence-electron chi connectivity index (χ4n) is 2.29. The van der Waals surface area contributed by atoms with Crippen molar-refractivity contribution in [2.75, 3.05) is 12.0 Å². The van der Waals surface area contributed by atoms with E-state index < -0.39 is 29.9 Å². The first kappa shape index (κ1) is 24.8. The zero-order valence-electron chi connectivity index (χ0n) is 15.8. The van der Waals surface area contributed by atoms with Gasteiger partial charge >= 0.3 is 11.9 Å². The summed E-state index contributed by atoms with van der Waals surface area (Å²) < 4.78 is 0. The number of carboxylic acids is 2. The lowest BCUT2D eigenvalue weighted by molar-refractivity contribution is -0.139. The third-order valence-electron chi connectivity index (χ3n) is 3.92. The number of carboxylic acid groups (broad SMARTS) is 2. The Balaban J connectivity index is 0.000000516. The molecule has 3 atom stereocenters. The molecule has 0 aliphatic heterocycles. The van der Waals surface area contributed by atoms with Crippen LogP contribution in [-0.2, 0) is 9.59 Å². The highest BCUT2D eigenvalue weighted by atomic mass is 32.2. The highest BCUT2D eigenvalue weighted by Crippen LogP contribution is 2.19. The SMILES string of the molecule is CSC(N)C[C@H](NC(=O)c1cccc2ccccc12)C(=O)O.N[C@@H](CS)C(=O)O. The van der Waals surface area contributed by atoms with Gasteiger partial charge in [-0.25, -0.2) is 4.79 Å². The Morgan fingerprint density at radius 1 is 1.07 bits per heavy atom. The van der Waals surface area contributed by atoms with Crippen molar-refractivity contribution in [1.82, 2.24) is 5.32 Å². The van der Waals surface area contributed by atoms with E-state index >= 15 is 0 Å². The van der Waals surface area contributed by atoms with Gasteiger partial charge in [-0.3, -0.25) is 9.59 Å². The van der Waals surface area contributed by atoms with E-state index in [2.05, 4.69) is 17.9 Å². The van der Waals surface area contributed by atoms with Gasteiger partial charge in [-0.15, -0.1) is 11.8 Å². The van der Waals surface area contributed by atoms with Gasteiger partial charge in [0.05, 0.1) is 5.37 Å². The van der Waals surface area contributed by atoms with Crippen LogP contribution in [0.25, 0.3) is 10.8 Å². The Bertz CT molecular complexity index is 844. The number of aliphatic carboxylic acids is 2. The Morgan fingerprint density at radius 2 is 1.69 bits per heavy atom. The number of nitrogens with one attached hydrogen (secondary N) is 1. The average molecular weight is 440 g/mol. The first-order valence-electron chi connectivity index (χ1n) is 8.60. The number of fused-ring (bicyclic) bond motifs is 1. The molecule has 2 rings (SSSR count). The summed E-state index contributed by atoms with van der Waals surface area (Å²) in [6.07, 6.45) is 1.98. The van der Waals surface area contributed by atoms with Gasteiger partial charge in [-0.1, -0.05) is 36.4 Å². The molecule has 0 aliphatic rings. The molecule has 0 heterocycles. The van der Waals surface area contributed by atoms with Crippen molar-refractivity contribution in [2.24, 2.45) is 11.5 Å². The topological polar surface area (TPSA) is 156 Å². The maximum atomic E-state index is 12.4. The molecule has 0 saturated heterocycles. The number of nitrogens with two attached hydrogens (primary N) is 2. The third-order valence-corrected chi connectivity index (χ3v) is 5.11. The van der Waals surface area contributed by atoms with E-state index in [1.165, 1.54) is 11.8 Å². The predicted octanol–water partition coefficient (Wildman–Crippen LogP) is 1.39. The normalized spacial score (nSPS) is 13.5. The molecule has 0 aliphatic carbocycles. The molecule has 0 saturated carbocycles. The van der Waals surface area contributed by atoms with E-state index in [1.54, 1.807) is 18.4 Å². The van der Waals surface area contributed by atoms with E-state index in [4.69, 9.17) is 16.6 Å². The monoisotopic (exact) mass is 439 g/mol. The molecule has 1 unspecified atom stereocenters. The second-order valence-corrected chi connectivity index (χ2v) is 7.47. The number of thiol groups is 1. The van der Waals surface area contributed by atoms with Gasteiger partial charge < -0.3 is 27.0 Å². The maximum Gasteiger partial charge on any atom is 0.326 e. The minimum absolute atomic E-state index is 0.174. The summed E-state index contributed by atoms with van der Waals surface area (Å²) in [5.74, 6) is -2.31. The number of benzene rings is 2. The van der Waals surface area contributed by atoms with Crippen molar-refractivity contribution in [3.8, 4) is 0 Å². The summed E-state index contributed by atoms with van der Waals surface area (Å²) in [7, 11) is 0. The van der Waals surface area contributed by atoms with Crippen molar-refractivity contribution in [2.45, 2.75) is 23.9 Å². The van der Waals surface area contributed by atoms with Gasteiger partial charge in [0.2, 0.25) is 0 Å². The van der Waals surface area contributed by atoms with Crippen LogP contribution in [0.3, 0.4) is 0 Å². The molecule has 29 heavy (non-hydrogen) atoms. The molecule has 1 amide bonds. The first-order valence-corrected chi connectivity index (χ1v) is 10.5. The highest BCUT2D eigenvalue weighted by molar-refractivity contribution is 7.99. The van der Waals surface area contributed by atoms with E-state index in [1.807, 2.05) is 30.3 Å². The van der Waals surface area contributed by atoms with E-state index in [0.717, 1.165) is 10.8 Å². The molecule has 8 nitrogen and oxygen atoms in total. The van der Waals surface area contributed by atoms with Crippen molar-refractivity contribution in [1.29, 1.82) is 0 Å². The number of hydrogen-bond donors (Lipinski definition) is 6. The standard InChI is InChI=1S/C16H18N2O3S.C3H7NO2S/c1-22-14(17)9-13(16(20)21)18-15(19)12-8-4-6-10-5-2-3-7-11(10)12;4-2(1-7)3(5)6/h2-8,13-14H,9,17H2,1H3,(H,18,19)(H,20,21);2,7H,1,4H2,(H,5,6)/t13-,14?;2-/m00/s1. The summed E-state index contributed by atoms with van der Waals surface area (Å²) in [6.45, 7) is 0. The predicted molar refractivity (Wildman–Crippen MR) is 118 cm³/mol. The summed E-state index contributed by atoms with van der Waals surface area (Å²) in [5.41, 5.74) is 11.2. The van der Waals surface area contributed by atoms with Gasteiger partial charge in [0.15, 0.2) is 0 Å². The van der Waals surface area contributed by atoms with Gasteiger partial charge in [-0.2, -0.15) is 12.6 Å². The van der Waals surface area contributed by atoms with Crippen LogP contribution in [0.5, 0.6) is 0 Å². The lowest BCUT2D eigenvalue weighted by Gasteiger charge is -2.18. The summed E-state index contributed by atoms with van der Waals surface area (Å²) >= 11 is 5.01. The minimum atomic E-state index is -1.09. The van der Waals surface area contributed by atoms with Crippen molar-refractivity contribution < 1.29 is 24.6 Å². The van der Waals surface area contributed by atoms with E-state index in [-0.39, 0.29) is 17.5 Å². The highest BCUT2D eigenvalue weighted by Gasteiger charge is 2.23. The molecule has 0 radical (unpaired) electrons. The van der Waals surface area contributed by atoms with Crippen molar-refractivity contribution in [3.63, 3.8) is 0 Å². The molecule has 2 aromatic carbocycles. The number of thioether (sulfide) groups is 1. The quantitative estimate of drug-likeness (QED) is 0.266. The molecule has 10 heteroatoms. The van der Waals surface area contributed by atoms with Gasteiger partial charge in [0, 0.05) is 17.7 Å². The maximum absolute atomic E-state index is 12.4. The van der Waals surface area contributed by atoms with Crippen LogP contribution in [0.4, 0.5) is 0 Å². The molecule has 158 valence electrons. The molecule has 0 fully saturated rings. The van der Waals surface area contributed by atoms with Gasteiger partial charge in [0.1, 0.15) is 12.1 Å². The minimum Gasteiger partial charge on any atom is -0.480 e. The summed E-state index contributed by atoms with van der Waals surface area (Å²) in [5, 5.41) is 21.2. The number of carbonyl (C=O) groups is 3. The van der Waals surface area contributed by atoms with Crippen molar-refractivity contribution >= 4 is 53.0 Å². The second-order valence-electron chi connectivity index (χ2n) is 6.03. The number of rotatable bonds is 8. The smallest absolute Gasteiger partial charge is 0.326 e. The van der Waals surface area contributed by atoms with E-state index in [0.29, 0.717) is 5.56 Å². The van der Waals surface area contributed by atoms with Crippen LogP contribution in [-0.4, -0.2) is 57.5 Å². The molecule has 0 bridgehead atoms. The van der Waals surface area contributed by atoms with Crippen LogP contribution in [0, 0.1) is 0 Å². The molecular weight excluding hydrogens is 414 g/mol. The number of amides is 1.